The van der Waals surface area contributed by atoms with Crippen LogP contribution in [-0.2, 0) is 0 Å². The molecular formula is C14H8BrF2N3O. The monoisotopic (exact) mass is 351 g/mol. The standard InChI is InChI=1S/C14H8BrF2N3O/c15-9-4-10(16)13(11(17)5-9)19-14(21)7-1-2-8-6-18-20-12(8)3-7/h1-6H,(H,18,20)(H,19,21). The van der Waals surface area contributed by atoms with Crippen LogP contribution in [0.15, 0.2) is 41.0 Å². The Labute approximate surface area is 126 Å². The lowest BCUT2D eigenvalue weighted by atomic mass is 10.1. The number of hydrogen-bond acceptors (Lipinski definition) is 2. The third-order valence-corrected chi connectivity index (χ3v) is 3.41. The molecule has 1 heterocycles. The maximum atomic E-state index is 13.7. The topological polar surface area (TPSA) is 57.8 Å². The van der Waals surface area contributed by atoms with Crippen molar-refractivity contribution in [1.29, 1.82) is 0 Å². The number of rotatable bonds is 2. The first-order valence-corrected chi connectivity index (χ1v) is 6.73. The summed E-state index contributed by atoms with van der Waals surface area (Å²) in [6, 6.07) is 6.98. The lowest BCUT2D eigenvalue weighted by molar-refractivity contribution is 0.102. The van der Waals surface area contributed by atoms with E-state index in [0.717, 1.165) is 17.5 Å². The highest BCUT2D eigenvalue weighted by Crippen LogP contribution is 2.24. The summed E-state index contributed by atoms with van der Waals surface area (Å²) in [5.74, 6) is -2.30. The molecule has 2 N–H and O–H groups in total. The van der Waals surface area contributed by atoms with E-state index in [1.807, 2.05) is 0 Å². The minimum Gasteiger partial charge on any atom is -0.317 e. The van der Waals surface area contributed by atoms with Crippen molar-refractivity contribution in [3.05, 3.63) is 58.2 Å². The summed E-state index contributed by atoms with van der Waals surface area (Å²) in [6.45, 7) is 0. The van der Waals surface area contributed by atoms with Crippen LogP contribution in [0, 0.1) is 11.6 Å². The summed E-state index contributed by atoms with van der Waals surface area (Å²) in [6.07, 6.45) is 1.62. The van der Waals surface area contributed by atoms with Crippen LogP contribution in [-0.4, -0.2) is 16.1 Å². The first-order chi connectivity index (χ1) is 10.0. The second kappa shape index (κ2) is 5.25. The van der Waals surface area contributed by atoms with Crippen LogP contribution in [0.5, 0.6) is 0 Å². The number of halogens is 3. The van der Waals surface area contributed by atoms with Crippen LogP contribution in [0.1, 0.15) is 10.4 Å². The Balaban J connectivity index is 1.92. The third kappa shape index (κ3) is 2.64. The molecule has 106 valence electrons. The van der Waals surface area contributed by atoms with Gasteiger partial charge in [-0.15, -0.1) is 0 Å². The molecule has 4 nitrogen and oxygen atoms in total. The van der Waals surface area contributed by atoms with Gasteiger partial charge in [0.1, 0.15) is 5.69 Å². The van der Waals surface area contributed by atoms with E-state index in [4.69, 9.17) is 0 Å². The van der Waals surface area contributed by atoms with Gasteiger partial charge >= 0.3 is 0 Å². The third-order valence-electron chi connectivity index (χ3n) is 2.95. The quantitative estimate of drug-likeness (QED) is 0.736. The number of nitrogens with zero attached hydrogens (tertiary/aromatic N) is 1. The number of H-pyrrole nitrogens is 1. The van der Waals surface area contributed by atoms with Gasteiger partial charge in [-0.25, -0.2) is 8.78 Å². The number of aromatic nitrogens is 2. The first-order valence-electron chi connectivity index (χ1n) is 5.93. The van der Waals surface area contributed by atoms with Crippen molar-refractivity contribution in [2.45, 2.75) is 0 Å². The van der Waals surface area contributed by atoms with Gasteiger partial charge < -0.3 is 5.32 Å². The molecule has 1 aromatic heterocycles. The Morgan fingerprint density at radius 1 is 1.19 bits per heavy atom. The number of aromatic amines is 1. The van der Waals surface area contributed by atoms with Crippen LogP contribution in [0.4, 0.5) is 14.5 Å². The van der Waals surface area contributed by atoms with Crippen LogP contribution < -0.4 is 5.32 Å². The van der Waals surface area contributed by atoms with Gasteiger partial charge in [0.25, 0.3) is 5.91 Å². The van der Waals surface area contributed by atoms with Crippen molar-refractivity contribution >= 4 is 38.4 Å². The average molecular weight is 352 g/mol. The number of hydrogen-bond donors (Lipinski definition) is 2. The zero-order valence-corrected chi connectivity index (χ0v) is 12.0. The predicted molar refractivity (Wildman–Crippen MR) is 78.1 cm³/mol. The predicted octanol–water partition coefficient (Wildman–Crippen LogP) is 3.86. The minimum atomic E-state index is -0.849. The van der Waals surface area contributed by atoms with Gasteiger partial charge in [0, 0.05) is 15.4 Å². The SMILES string of the molecule is O=C(Nc1c(F)cc(Br)cc1F)c1ccc2cn[nH]c2c1. The van der Waals surface area contributed by atoms with Crippen molar-refractivity contribution in [3.63, 3.8) is 0 Å². The van der Waals surface area contributed by atoms with E-state index in [2.05, 4.69) is 31.4 Å². The highest BCUT2D eigenvalue weighted by Gasteiger charge is 2.15. The summed E-state index contributed by atoms with van der Waals surface area (Å²) >= 11 is 2.98. The zero-order chi connectivity index (χ0) is 15.0. The Kier molecular flexibility index (Phi) is 3.42. The molecule has 0 fully saturated rings. The van der Waals surface area contributed by atoms with E-state index in [1.54, 1.807) is 24.4 Å². The fraction of sp³-hybridized carbons (Fsp3) is 0. The van der Waals surface area contributed by atoms with Gasteiger partial charge in [0.15, 0.2) is 11.6 Å². The van der Waals surface area contributed by atoms with Crippen molar-refractivity contribution < 1.29 is 13.6 Å². The molecule has 0 aliphatic rings. The van der Waals surface area contributed by atoms with Gasteiger partial charge in [-0.2, -0.15) is 5.10 Å². The maximum Gasteiger partial charge on any atom is 0.255 e. The highest BCUT2D eigenvalue weighted by molar-refractivity contribution is 9.10. The second-order valence-electron chi connectivity index (χ2n) is 4.37. The van der Waals surface area contributed by atoms with Crippen molar-refractivity contribution in [2.75, 3.05) is 5.32 Å². The first kappa shape index (κ1) is 13.7. The molecule has 2 aromatic carbocycles. The molecule has 0 saturated carbocycles. The van der Waals surface area contributed by atoms with E-state index in [0.29, 0.717) is 5.52 Å². The van der Waals surface area contributed by atoms with E-state index in [1.165, 1.54) is 0 Å². The van der Waals surface area contributed by atoms with Crippen LogP contribution in [0.3, 0.4) is 0 Å². The van der Waals surface area contributed by atoms with E-state index in [9.17, 15) is 13.6 Å². The second-order valence-corrected chi connectivity index (χ2v) is 5.29. The summed E-state index contributed by atoms with van der Waals surface area (Å²) in [5, 5.41) is 9.64. The minimum absolute atomic E-state index is 0.259. The smallest absolute Gasteiger partial charge is 0.255 e. The Morgan fingerprint density at radius 3 is 2.62 bits per heavy atom. The summed E-state index contributed by atoms with van der Waals surface area (Å²) < 4.78 is 27.6. The molecule has 0 bridgehead atoms. The fourth-order valence-corrected chi connectivity index (χ4v) is 2.33. The number of fused-ring (bicyclic) bond motifs is 1. The Bertz CT molecular complexity index is 824. The molecule has 1 amide bonds. The van der Waals surface area contributed by atoms with E-state index >= 15 is 0 Å². The molecule has 0 radical (unpaired) electrons. The highest BCUT2D eigenvalue weighted by atomic mass is 79.9. The van der Waals surface area contributed by atoms with Gasteiger partial charge in [-0.05, 0) is 24.3 Å². The number of anilines is 1. The molecule has 0 atom stereocenters. The van der Waals surface area contributed by atoms with Crippen molar-refractivity contribution in [3.8, 4) is 0 Å². The van der Waals surface area contributed by atoms with Crippen LogP contribution >= 0.6 is 15.9 Å². The Hall–Kier alpha value is -2.28. The number of carbonyl (C=O) groups excluding carboxylic acids is 1. The van der Waals surface area contributed by atoms with E-state index < -0.39 is 23.2 Å². The van der Waals surface area contributed by atoms with Crippen molar-refractivity contribution in [1.82, 2.24) is 10.2 Å². The van der Waals surface area contributed by atoms with Crippen molar-refractivity contribution in [2.24, 2.45) is 0 Å². The molecule has 21 heavy (non-hydrogen) atoms. The molecule has 0 spiro atoms. The van der Waals surface area contributed by atoms with Gasteiger partial charge in [-0.1, -0.05) is 22.0 Å². The summed E-state index contributed by atoms with van der Waals surface area (Å²) in [4.78, 5) is 12.1. The molecule has 0 aliphatic heterocycles. The number of nitrogens with one attached hydrogen (secondary N) is 2. The fourth-order valence-electron chi connectivity index (χ4n) is 1.93. The molecule has 0 unspecified atom stereocenters. The van der Waals surface area contributed by atoms with Gasteiger partial charge in [0.05, 0.1) is 11.7 Å². The summed E-state index contributed by atoms with van der Waals surface area (Å²) in [5.41, 5.74) is 0.459. The largest absolute Gasteiger partial charge is 0.317 e. The molecular weight excluding hydrogens is 344 g/mol. The lowest BCUT2D eigenvalue weighted by Crippen LogP contribution is -2.14. The molecule has 7 heteroatoms. The molecule has 3 rings (SSSR count). The molecule has 0 saturated heterocycles. The van der Waals surface area contributed by atoms with Crippen LogP contribution in [0.25, 0.3) is 10.9 Å². The molecule has 0 aliphatic carbocycles. The summed E-state index contributed by atoms with van der Waals surface area (Å²) in [7, 11) is 0. The van der Waals surface area contributed by atoms with Gasteiger partial charge in [-0.3, -0.25) is 9.89 Å². The maximum absolute atomic E-state index is 13.7. The Morgan fingerprint density at radius 2 is 1.90 bits per heavy atom. The average Bonchev–Trinajstić information content (AvgIpc) is 2.89. The van der Waals surface area contributed by atoms with Gasteiger partial charge in [0.2, 0.25) is 0 Å². The zero-order valence-electron chi connectivity index (χ0n) is 10.5. The normalized spacial score (nSPS) is 10.8. The number of carbonyl (C=O) groups is 1. The number of amides is 1. The number of benzene rings is 2. The van der Waals surface area contributed by atoms with Crippen LogP contribution in [0.2, 0.25) is 0 Å². The lowest BCUT2D eigenvalue weighted by Gasteiger charge is -2.08. The van der Waals surface area contributed by atoms with E-state index in [-0.39, 0.29) is 10.0 Å². The molecule has 3 aromatic rings.